The Morgan fingerprint density at radius 2 is 1.67 bits per heavy atom. The monoisotopic (exact) mass is 550 g/mol. The molecule has 0 bridgehead atoms. The van der Waals surface area contributed by atoms with E-state index in [-0.39, 0.29) is 19.6 Å². The zero-order valence-corrected chi connectivity index (χ0v) is 23.9. The summed E-state index contributed by atoms with van der Waals surface area (Å²) < 4.78 is 22.6. The molecule has 0 spiro atoms. The Morgan fingerprint density at radius 1 is 0.974 bits per heavy atom. The molecule has 39 heavy (non-hydrogen) atoms. The van der Waals surface area contributed by atoms with Gasteiger partial charge in [-0.25, -0.2) is 4.79 Å². The van der Waals surface area contributed by atoms with Crippen molar-refractivity contribution in [1.29, 1.82) is 0 Å². The normalized spacial score (nSPS) is 12.3. The predicted octanol–water partition coefficient (Wildman–Crippen LogP) is 5.64. The number of benzene rings is 3. The summed E-state index contributed by atoms with van der Waals surface area (Å²) in [5, 5.41) is 0. The molecule has 0 amide bonds. The maximum Gasteiger partial charge on any atom is 0.343 e. The number of esters is 2. The lowest BCUT2D eigenvalue weighted by atomic mass is 10.0. The molecule has 0 unspecified atom stereocenters. The van der Waals surface area contributed by atoms with Gasteiger partial charge < -0.3 is 29.6 Å². The summed E-state index contributed by atoms with van der Waals surface area (Å²) in [4.78, 5) is 29.8. The van der Waals surface area contributed by atoms with Gasteiger partial charge in [0.05, 0.1) is 36.9 Å². The number of hydrogen-bond donors (Lipinski definition) is 1. The minimum absolute atomic E-state index is 0.0227. The van der Waals surface area contributed by atoms with Crippen LogP contribution in [0.4, 0.5) is 11.4 Å². The number of carbonyl (C=O) groups is 2. The fraction of sp³-hybridized carbons (Fsp3) is 0.333. The SMILES string of the molecule is COc1cc(CN)c2c(c1CC(=O)OCc1ccccc1)Sc1c(ccc(OC)c1C(=O)OC(C)(C)C)N2C. The van der Waals surface area contributed by atoms with Gasteiger partial charge in [0, 0.05) is 24.1 Å². The summed E-state index contributed by atoms with van der Waals surface area (Å²) in [6, 6.07) is 15.0. The second-order valence-electron chi connectivity index (χ2n) is 10.1. The lowest BCUT2D eigenvalue weighted by Crippen LogP contribution is -2.26. The van der Waals surface area contributed by atoms with Gasteiger partial charge in [-0.3, -0.25) is 4.79 Å². The number of rotatable bonds is 8. The minimum atomic E-state index is -0.697. The van der Waals surface area contributed by atoms with Gasteiger partial charge in [-0.15, -0.1) is 0 Å². The fourth-order valence-electron chi connectivity index (χ4n) is 4.47. The zero-order chi connectivity index (χ0) is 28.3. The highest BCUT2D eigenvalue weighted by atomic mass is 32.2. The molecule has 1 aliphatic rings. The maximum absolute atomic E-state index is 13.4. The molecule has 2 N–H and O–H groups in total. The molecule has 4 rings (SSSR count). The maximum atomic E-state index is 13.4. The quantitative estimate of drug-likeness (QED) is 0.357. The van der Waals surface area contributed by atoms with E-state index in [2.05, 4.69) is 0 Å². The van der Waals surface area contributed by atoms with Crippen LogP contribution in [0.5, 0.6) is 11.5 Å². The lowest BCUT2D eigenvalue weighted by Gasteiger charge is -2.34. The highest BCUT2D eigenvalue weighted by Gasteiger charge is 2.34. The van der Waals surface area contributed by atoms with Gasteiger partial charge in [0.1, 0.15) is 29.3 Å². The Kier molecular flexibility index (Phi) is 8.42. The topological polar surface area (TPSA) is 100 Å². The first-order chi connectivity index (χ1) is 18.6. The third-order valence-electron chi connectivity index (χ3n) is 6.22. The van der Waals surface area contributed by atoms with Crippen LogP contribution in [0.25, 0.3) is 0 Å². The predicted molar refractivity (Wildman–Crippen MR) is 151 cm³/mol. The third kappa shape index (κ3) is 5.99. The summed E-state index contributed by atoms with van der Waals surface area (Å²) >= 11 is 1.37. The van der Waals surface area contributed by atoms with Crippen LogP contribution in [-0.2, 0) is 33.8 Å². The Labute approximate surface area is 233 Å². The van der Waals surface area contributed by atoms with Crippen LogP contribution < -0.4 is 20.1 Å². The molecule has 1 heterocycles. The Hall–Kier alpha value is -3.69. The van der Waals surface area contributed by atoms with E-state index in [1.165, 1.54) is 18.9 Å². The van der Waals surface area contributed by atoms with Gasteiger partial charge in [0.25, 0.3) is 0 Å². The summed E-state index contributed by atoms with van der Waals surface area (Å²) in [6.45, 7) is 5.88. The molecule has 9 heteroatoms. The van der Waals surface area contributed by atoms with Crippen LogP contribution in [0.1, 0.15) is 47.8 Å². The van der Waals surface area contributed by atoms with Crippen molar-refractivity contribution < 1.29 is 28.5 Å². The van der Waals surface area contributed by atoms with E-state index in [4.69, 9.17) is 24.7 Å². The van der Waals surface area contributed by atoms with Crippen LogP contribution in [0, 0.1) is 0 Å². The highest BCUT2D eigenvalue weighted by Crippen LogP contribution is 2.55. The summed E-state index contributed by atoms with van der Waals surface area (Å²) in [7, 11) is 4.98. The van der Waals surface area contributed by atoms with E-state index in [0.717, 1.165) is 27.4 Å². The largest absolute Gasteiger partial charge is 0.496 e. The van der Waals surface area contributed by atoms with E-state index < -0.39 is 17.5 Å². The first-order valence-corrected chi connectivity index (χ1v) is 13.4. The van der Waals surface area contributed by atoms with Crippen molar-refractivity contribution in [3.05, 3.63) is 70.8 Å². The second kappa shape index (κ2) is 11.6. The molecule has 8 nitrogen and oxygen atoms in total. The minimum Gasteiger partial charge on any atom is -0.496 e. The molecule has 3 aromatic rings. The summed E-state index contributed by atoms with van der Waals surface area (Å²) in [5.74, 6) is 0.0354. The van der Waals surface area contributed by atoms with Gasteiger partial charge in [-0.1, -0.05) is 42.1 Å². The number of nitrogens with two attached hydrogens (primary N) is 1. The average molecular weight is 551 g/mol. The first-order valence-electron chi connectivity index (χ1n) is 12.6. The Morgan fingerprint density at radius 3 is 2.28 bits per heavy atom. The van der Waals surface area contributed by atoms with Crippen LogP contribution in [0.15, 0.2) is 58.3 Å². The number of nitrogens with zero attached hydrogens (tertiary/aromatic N) is 1. The average Bonchev–Trinajstić information content (AvgIpc) is 2.91. The van der Waals surface area contributed by atoms with Crippen LogP contribution in [0.2, 0.25) is 0 Å². The third-order valence-corrected chi connectivity index (χ3v) is 7.48. The smallest absolute Gasteiger partial charge is 0.343 e. The van der Waals surface area contributed by atoms with Gasteiger partial charge in [-0.05, 0) is 50.1 Å². The van der Waals surface area contributed by atoms with E-state index in [1.807, 2.05) is 75.2 Å². The van der Waals surface area contributed by atoms with Crippen molar-refractivity contribution in [2.45, 2.75) is 55.7 Å². The summed E-state index contributed by atoms with van der Waals surface area (Å²) in [5.41, 5.74) is 9.83. The molecule has 0 radical (unpaired) electrons. The van der Waals surface area contributed by atoms with E-state index >= 15 is 0 Å². The Balaban J connectivity index is 1.80. The highest BCUT2D eigenvalue weighted by molar-refractivity contribution is 8.00. The van der Waals surface area contributed by atoms with E-state index in [9.17, 15) is 9.59 Å². The standard InChI is InChI=1S/C30H34N2O6S/c1-30(2,3)38-29(34)25-22(35-5)13-12-21-28(25)39-27-20(15-24(33)37-17-18-10-8-7-9-11-18)23(36-6)14-19(16-31)26(27)32(21)4/h7-14H,15-17,31H2,1-6H3. The number of anilines is 2. The Bertz CT molecular complexity index is 1380. The molecular weight excluding hydrogens is 516 g/mol. The number of methoxy groups -OCH3 is 2. The second-order valence-corrected chi connectivity index (χ2v) is 11.1. The molecule has 0 aromatic heterocycles. The fourth-order valence-corrected chi connectivity index (χ4v) is 5.93. The molecular formula is C30H34N2O6S. The van der Waals surface area contributed by atoms with Crippen molar-refractivity contribution in [1.82, 2.24) is 0 Å². The van der Waals surface area contributed by atoms with Crippen molar-refractivity contribution in [3.8, 4) is 11.5 Å². The number of fused-ring (bicyclic) bond motifs is 2. The molecule has 0 fully saturated rings. The molecule has 0 saturated heterocycles. The van der Waals surface area contributed by atoms with Crippen molar-refractivity contribution in [2.24, 2.45) is 5.73 Å². The van der Waals surface area contributed by atoms with Gasteiger partial charge in [0.2, 0.25) is 0 Å². The van der Waals surface area contributed by atoms with E-state index in [1.54, 1.807) is 13.2 Å². The molecule has 0 atom stereocenters. The van der Waals surface area contributed by atoms with Crippen molar-refractivity contribution in [2.75, 3.05) is 26.2 Å². The van der Waals surface area contributed by atoms with Crippen LogP contribution in [-0.4, -0.2) is 38.8 Å². The summed E-state index contributed by atoms with van der Waals surface area (Å²) in [6.07, 6.45) is -0.0227. The number of carbonyl (C=O) groups excluding carboxylic acids is 2. The van der Waals surface area contributed by atoms with Gasteiger partial charge in [0.15, 0.2) is 0 Å². The molecule has 1 aliphatic heterocycles. The molecule has 0 aliphatic carbocycles. The number of ether oxygens (including phenoxy) is 4. The number of hydrogen-bond acceptors (Lipinski definition) is 9. The molecule has 206 valence electrons. The van der Waals surface area contributed by atoms with Crippen molar-refractivity contribution >= 4 is 35.1 Å². The van der Waals surface area contributed by atoms with Crippen molar-refractivity contribution in [3.63, 3.8) is 0 Å². The molecule has 0 saturated carbocycles. The van der Waals surface area contributed by atoms with Crippen LogP contribution in [0.3, 0.4) is 0 Å². The van der Waals surface area contributed by atoms with E-state index in [0.29, 0.717) is 27.5 Å². The van der Waals surface area contributed by atoms with Gasteiger partial charge >= 0.3 is 11.9 Å². The molecule has 3 aromatic carbocycles. The lowest BCUT2D eigenvalue weighted by molar-refractivity contribution is -0.144. The van der Waals surface area contributed by atoms with Crippen LogP contribution >= 0.6 is 11.8 Å². The zero-order valence-electron chi connectivity index (χ0n) is 23.1. The first kappa shape index (κ1) is 28.3. The van der Waals surface area contributed by atoms with Gasteiger partial charge in [-0.2, -0.15) is 0 Å².